The number of unbranched alkanes of at least 4 members (excludes halogenated alkanes) is 2. The highest BCUT2D eigenvalue weighted by atomic mass is 33.1. The molecule has 3 saturated carbocycles. The number of ketones is 1. The van der Waals surface area contributed by atoms with E-state index in [0.717, 1.165) is 100 Å². The van der Waals surface area contributed by atoms with Crippen LogP contribution >= 0.6 is 21.6 Å². The van der Waals surface area contributed by atoms with Gasteiger partial charge in [0.2, 0.25) is 5.75 Å². The van der Waals surface area contributed by atoms with Crippen molar-refractivity contribution in [3.05, 3.63) is 53.6 Å². The van der Waals surface area contributed by atoms with E-state index in [9.17, 15) is 10.2 Å². The Morgan fingerprint density at radius 1 is 1.10 bits per heavy atom. The van der Waals surface area contributed by atoms with Crippen molar-refractivity contribution in [2.75, 3.05) is 51.8 Å². The van der Waals surface area contributed by atoms with Gasteiger partial charge < -0.3 is 45.1 Å². The Bertz CT molecular complexity index is 2010. The number of methoxy groups -OCH3 is 2. The fourth-order valence-corrected chi connectivity index (χ4v) is 13.9. The summed E-state index contributed by atoms with van der Waals surface area (Å²) < 4.78 is 24.7. The maximum absolute atomic E-state index is 15.2. The predicted octanol–water partition coefficient (Wildman–Crippen LogP) is 9.36. The van der Waals surface area contributed by atoms with Gasteiger partial charge in [-0.05, 0) is 124 Å². The van der Waals surface area contributed by atoms with E-state index in [0.29, 0.717) is 54.9 Å². The number of phenolic OH excluding ortho intramolecular Hbond substituents is 1. The number of allylic oxidation sites excluding steroid dienone is 2. The SMILES string of the molecule is CCCCC[C@H]1/C=C/C(=O)[C@]2(Cc3ccc(O)c(OC)c3)CCC[C@@H]2CSSCNC(=NC)Nc2cc(cc3c2OC#CC[C@H]2C[C@](CNC)(C[C@@H]2C[C@H](O)OC)O3)C12CCCC2. The van der Waals surface area contributed by atoms with Crippen LogP contribution in [-0.4, -0.2) is 80.3 Å². The number of aromatic hydroxyl groups is 1. The number of carbonyl (C=O) groups is 1. The topological polar surface area (TPSA) is 143 Å². The first-order valence-electron chi connectivity index (χ1n) is 23.3. The number of rotatable bonds is 12. The minimum atomic E-state index is -0.857. The summed E-state index contributed by atoms with van der Waals surface area (Å²) in [5, 5.41) is 31.7. The Labute approximate surface area is 383 Å². The van der Waals surface area contributed by atoms with Crippen LogP contribution in [0.2, 0.25) is 0 Å². The number of anilines is 1. The Morgan fingerprint density at radius 3 is 2.70 bits per heavy atom. The predicted molar refractivity (Wildman–Crippen MR) is 256 cm³/mol. The van der Waals surface area contributed by atoms with E-state index in [1.165, 1.54) is 5.56 Å². The molecular weight excluding hydrogens is 833 g/mol. The fourth-order valence-electron chi connectivity index (χ4n) is 11.7. The number of nitrogens with zero attached hydrogens (tertiary/aromatic N) is 1. The van der Waals surface area contributed by atoms with E-state index in [2.05, 4.69) is 58.1 Å². The first kappa shape index (κ1) is 47.4. The van der Waals surface area contributed by atoms with Gasteiger partial charge in [-0.2, -0.15) is 0 Å². The number of likely N-dealkylation sites (N-methyl/N-ethyl adjacent to an activating group) is 1. The molecule has 1 spiro atoms. The Kier molecular flexibility index (Phi) is 16.3. The average molecular weight is 903 g/mol. The lowest BCUT2D eigenvalue weighted by Crippen LogP contribution is -2.43. The molecular formula is C50H70N4O7S2. The van der Waals surface area contributed by atoms with E-state index in [1.807, 2.05) is 25.3 Å². The highest BCUT2D eigenvalue weighted by molar-refractivity contribution is 8.76. The summed E-state index contributed by atoms with van der Waals surface area (Å²) in [4.78, 5) is 19.9. The first-order chi connectivity index (χ1) is 30.6. The van der Waals surface area contributed by atoms with Crippen molar-refractivity contribution in [2.45, 2.75) is 127 Å². The van der Waals surface area contributed by atoms with Gasteiger partial charge >= 0.3 is 0 Å². The van der Waals surface area contributed by atoms with Gasteiger partial charge in [-0.3, -0.25) is 9.79 Å². The third-order valence-corrected chi connectivity index (χ3v) is 17.1. The molecule has 0 radical (unpaired) electrons. The van der Waals surface area contributed by atoms with Gasteiger partial charge in [0.1, 0.15) is 11.7 Å². The fraction of sp³-hybridized carbons (Fsp3) is 0.640. The molecule has 63 heavy (non-hydrogen) atoms. The normalized spacial score (nSPS) is 29.7. The number of ether oxygens (including phenoxy) is 4. The second-order valence-electron chi connectivity index (χ2n) is 18.6. The molecule has 2 aromatic rings. The molecule has 2 heterocycles. The second kappa shape index (κ2) is 21.6. The van der Waals surface area contributed by atoms with Crippen molar-refractivity contribution in [1.82, 2.24) is 10.6 Å². The maximum atomic E-state index is 15.2. The van der Waals surface area contributed by atoms with Crippen molar-refractivity contribution >= 4 is 39.0 Å². The number of phenols is 1. The van der Waals surface area contributed by atoms with Gasteiger partial charge in [0.25, 0.3) is 0 Å². The smallest absolute Gasteiger partial charge is 0.205 e. The molecule has 3 fully saturated rings. The Balaban J connectivity index is 1.36. The van der Waals surface area contributed by atoms with E-state index in [4.69, 9.17) is 18.9 Å². The molecule has 2 aliphatic heterocycles. The number of hydrogen-bond donors (Lipinski definition) is 5. The van der Waals surface area contributed by atoms with E-state index in [-0.39, 0.29) is 40.6 Å². The number of guanidine groups is 1. The number of nitrogens with one attached hydrogen (secondary N) is 3. The van der Waals surface area contributed by atoms with Crippen LogP contribution in [0.1, 0.15) is 114 Å². The van der Waals surface area contributed by atoms with Crippen LogP contribution in [-0.2, 0) is 21.4 Å². The molecule has 0 unspecified atom stereocenters. The standard InChI is InChI=1S/C50H70N4O7S2/c1-6-7-8-14-37-17-19-44(56)50(28-34-16-18-41(55)42(24-34)58-4)22-11-15-38(50)31-62-63-33-53-47(52-3)54-40-26-39(49(37)20-9-10-21-49)27-43-46(40)60-23-12-13-35-29-48(61-43,32-51-2)30-36(35)25-45(57)59-5/h16-19,24,26-27,35-38,45,51,55,57H,6-11,13-15,20-22,25,28-33H2,1-5H3,(H2,52,53,54)/b19-17+/t35-,36-,37-,38+,45+,48+,50-/m0/s1. The van der Waals surface area contributed by atoms with Crippen LogP contribution in [0, 0.1) is 41.1 Å². The molecule has 5 aliphatic rings. The molecule has 13 heteroatoms. The minimum absolute atomic E-state index is 0.103. The molecule has 4 bridgehead atoms. The monoisotopic (exact) mass is 902 g/mol. The third-order valence-electron chi connectivity index (χ3n) is 14.9. The van der Waals surface area contributed by atoms with Gasteiger partial charge in [0, 0.05) is 50.1 Å². The summed E-state index contributed by atoms with van der Waals surface area (Å²) in [5.74, 6) is 7.95. The van der Waals surface area contributed by atoms with E-state index >= 15 is 4.79 Å². The lowest BCUT2D eigenvalue weighted by Gasteiger charge is -2.39. The van der Waals surface area contributed by atoms with Gasteiger partial charge in [-0.1, -0.05) is 85.1 Å². The van der Waals surface area contributed by atoms with Gasteiger partial charge in [0.15, 0.2) is 35.3 Å². The third kappa shape index (κ3) is 10.6. The summed E-state index contributed by atoms with van der Waals surface area (Å²) in [5.41, 5.74) is 1.51. The molecule has 344 valence electrons. The number of benzene rings is 2. The van der Waals surface area contributed by atoms with Gasteiger partial charge in [-0.15, -0.1) is 0 Å². The highest BCUT2D eigenvalue weighted by Crippen LogP contribution is 2.55. The summed E-state index contributed by atoms with van der Waals surface area (Å²) in [6.07, 6.45) is 21.0. The second-order valence-corrected chi connectivity index (χ2v) is 21.2. The molecule has 7 rings (SSSR count). The van der Waals surface area contributed by atoms with Crippen LogP contribution in [0.25, 0.3) is 0 Å². The van der Waals surface area contributed by atoms with Gasteiger partial charge in [0.05, 0.1) is 18.7 Å². The Morgan fingerprint density at radius 2 is 1.94 bits per heavy atom. The van der Waals surface area contributed by atoms with Crippen LogP contribution in [0.15, 0.2) is 47.5 Å². The quantitative estimate of drug-likeness (QED) is 0.0600. The van der Waals surface area contributed by atoms with Crippen LogP contribution < -0.4 is 30.2 Å². The zero-order valence-corrected chi connectivity index (χ0v) is 39.7. The molecule has 5 N–H and O–H groups in total. The molecule has 0 saturated heterocycles. The summed E-state index contributed by atoms with van der Waals surface area (Å²) in [6, 6.07) is 10.0. The van der Waals surface area contributed by atoms with E-state index in [1.54, 1.807) is 48.9 Å². The molecule has 11 nitrogen and oxygen atoms in total. The van der Waals surface area contributed by atoms with Crippen LogP contribution in [0.4, 0.5) is 5.69 Å². The van der Waals surface area contributed by atoms with Crippen molar-refractivity contribution in [3.8, 4) is 35.0 Å². The van der Waals surface area contributed by atoms with Crippen molar-refractivity contribution in [1.29, 1.82) is 0 Å². The van der Waals surface area contributed by atoms with Crippen LogP contribution in [0.3, 0.4) is 0 Å². The molecule has 7 atom stereocenters. The summed E-state index contributed by atoms with van der Waals surface area (Å²) in [6.45, 7) is 2.87. The molecule has 0 aromatic heterocycles. The molecule has 3 aliphatic carbocycles. The zero-order chi connectivity index (χ0) is 44.5. The largest absolute Gasteiger partial charge is 0.504 e. The Hall–Kier alpha value is -3.54. The number of aliphatic hydroxyl groups is 1. The maximum Gasteiger partial charge on any atom is 0.205 e. The van der Waals surface area contributed by atoms with Gasteiger partial charge in [-0.25, -0.2) is 0 Å². The first-order valence-corrected chi connectivity index (χ1v) is 25.8. The molecule has 0 amide bonds. The number of aliphatic imine (C=N–C) groups is 1. The lowest BCUT2D eigenvalue weighted by atomic mass is 9.66. The summed E-state index contributed by atoms with van der Waals surface area (Å²) >= 11 is 0. The van der Waals surface area contributed by atoms with Crippen molar-refractivity contribution in [2.24, 2.45) is 34.1 Å². The minimum Gasteiger partial charge on any atom is -0.504 e. The average Bonchev–Trinajstić information content (AvgIpc) is 4.02. The van der Waals surface area contributed by atoms with Crippen molar-refractivity contribution < 1.29 is 34.0 Å². The van der Waals surface area contributed by atoms with Crippen molar-refractivity contribution in [3.63, 3.8) is 0 Å². The number of fused-ring (bicyclic) bond motifs is 8. The number of aliphatic hydroxyl groups excluding tert-OH is 1. The van der Waals surface area contributed by atoms with E-state index < -0.39 is 17.3 Å². The van der Waals surface area contributed by atoms with Crippen LogP contribution in [0.5, 0.6) is 23.0 Å². The summed E-state index contributed by atoms with van der Waals surface area (Å²) in [7, 11) is 10.4. The number of hydrogen-bond acceptors (Lipinski definition) is 11. The lowest BCUT2D eigenvalue weighted by molar-refractivity contribution is -0.125. The zero-order valence-electron chi connectivity index (χ0n) is 38.1. The molecule has 2 aromatic carbocycles. The number of carbonyl (C=O) groups excluding carboxylic acids is 1. The highest BCUT2D eigenvalue weighted by Gasteiger charge is 2.50.